The van der Waals surface area contributed by atoms with Gasteiger partial charge in [0.15, 0.2) is 5.78 Å². The number of aliphatic hydroxyl groups excluding tert-OH is 1. The Hall–Kier alpha value is -1.05. The van der Waals surface area contributed by atoms with E-state index in [1.807, 2.05) is 49.1 Å². The Morgan fingerprint density at radius 1 is 1.18 bits per heavy atom. The maximum atomic E-state index is 11.2. The molecule has 0 saturated heterocycles. The highest BCUT2D eigenvalue weighted by Gasteiger charge is 2.06. The van der Waals surface area contributed by atoms with Crippen LogP contribution in [0.4, 0.5) is 0 Å². The van der Waals surface area contributed by atoms with Crippen molar-refractivity contribution in [2.45, 2.75) is 18.9 Å². The van der Waals surface area contributed by atoms with E-state index in [9.17, 15) is 9.90 Å². The first-order valence-corrected chi connectivity index (χ1v) is 9.02. The molecule has 0 amide bonds. The van der Waals surface area contributed by atoms with Gasteiger partial charge in [-0.05, 0) is 50.0 Å². The van der Waals surface area contributed by atoms with E-state index in [1.54, 1.807) is 11.3 Å². The lowest BCUT2D eigenvalue weighted by atomic mass is 10.2. The smallest absolute Gasteiger partial charge is 0.174 e. The van der Waals surface area contributed by atoms with Gasteiger partial charge in [0.1, 0.15) is 0 Å². The number of ketones is 1. The Kier molecular flexibility index (Phi) is 9.94. The Labute approximate surface area is 141 Å². The lowest BCUT2D eigenvalue weighted by Gasteiger charge is -2.06. The predicted molar refractivity (Wildman–Crippen MR) is 97.1 cm³/mol. The van der Waals surface area contributed by atoms with Crippen LogP contribution in [0.3, 0.4) is 0 Å². The average molecular weight is 343 g/mol. The van der Waals surface area contributed by atoms with Gasteiger partial charge in [-0.15, -0.1) is 22.7 Å². The van der Waals surface area contributed by atoms with Crippen molar-refractivity contribution in [3.05, 3.63) is 44.8 Å². The van der Waals surface area contributed by atoms with E-state index >= 15 is 0 Å². The zero-order valence-electron chi connectivity index (χ0n) is 13.0. The Morgan fingerprint density at radius 2 is 1.86 bits per heavy atom. The van der Waals surface area contributed by atoms with E-state index in [-0.39, 0.29) is 13.3 Å². The Bertz CT molecular complexity index is 504. The molecule has 0 radical (unpaired) electrons. The standard InChI is InChI=1S/C8H13NOS.C8H11NOS.H2/c2*1-9-5-4-7(10)8-3-2-6-11-8;/h2-3,6-7,9-10H,4-5H2,1H3;2-3,6,9H,4-5H2,1H3;1H/t7-;;/m0../s1. The summed E-state index contributed by atoms with van der Waals surface area (Å²) >= 11 is 3.11. The van der Waals surface area contributed by atoms with Crippen molar-refractivity contribution >= 4 is 28.5 Å². The van der Waals surface area contributed by atoms with Crippen LogP contribution in [0.2, 0.25) is 0 Å². The molecule has 2 heterocycles. The van der Waals surface area contributed by atoms with Gasteiger partial charge >= 0.3 is 0 Å². The number of rotatable bonds is 8. The summed E-state index contributed by atoms with van der Waals surface area (Å²) in [6, 6.07) is 7.69. The molecule has 0 unspecified atom stereocenters. The normalized spacial score (nSPS) is 11.6. The minimum Gasteiger partial charge on any atom is -0.388 e. The molecular weight excluding hydrogens is 316 g/mol. The third kappa shape index (κ3) is 7.29. The fraction of sp³-hybridized carbons (Fsp3) is 0.438. The number of aliphatic hydroxyl groups is 1. The van der Waals surface area contributed by atoms with Crippen molar-refractivity contribution < 1.29 is 11.3 Å². The van der Waals surface area contributed by atoms with Gasteiger partial charge < -0.3 is 15.7 Å². The summed E-state index contributed by atoms with van der Waals surface area (Å²) in [7, 11) is 3.74. The second-order valence-corrected chi connectivity index (χ2v) is 6.60. The van der Waals surface area contributed by atoms with E-state index in [1.165, 1.54) is 11.3 Å². The molecule has 0 aliphatic heterocycles. The second kappa shape index (κ2) is 11.5. The van der Waals surface area contributed by atoms with Crippen LogP contribution >= 0.6 is 22.7 Å². The molecule has 2 rings (SSSR count). The van der Waals surface area contributed by atoms with Crippen LogP contribution in [0.25, 0.3) is 0 Å². The van der Waals surface area contributed by atoms with Crippen LogP contribution in [-0.2, 0) is 0 Å². The predicted octanol–water partition coefficient (Wildman–Crippen LogP) is 3.18. The van der Waals surface area contributed by atoms with Gasteiger partial charge in [0.2, 0.25) is 0 Å². The molecule has 2 aromatic heterocycles. The average Bonchev–Trinajstić information content (AvgIpc) is 3.23. The zero-order chi connectivity index (χ0) is 16.2. The molecule has 1 atom stereocenters. The van der Waals surface area contributed by atoms with Crippen LogP contribution in [0.15, 0.2) is 35.0 Å². The summed E-state index contributed by atoms with van der Waals surface area (Å²) in [6.45, 7) is 1.62. The van der Waals surface area contributed by atoms with Crippen LogP contribution < -0.4 is 10.6 Å². The van der Waals surface area contributed by atoms with Crippen molar-refractivity contribution in [2.75, 3.05) is 27.2 Å². The highest BCUT2D eigenvalue weighted by atomic mass is 32.1. The number of carbonyl (C=O) groups excluding carboxylic acids is 1. The van der Waals surface area contributed by atoms with Crippen molar-refractivity contribution in [2.24, 2.45) is 0 Å². The monoisotopic (exact) mass is 342 g/mol. The maximum Gasteiger partial charge on any atom is 0.174 e. The number of Topliss-reactive ketones (excluding diaryl/α,β-unsaturated/α-hetero) is 1. The van der Waals surface area contributed by atoms with Gasteiger partial charge in [-0.25, -0.2) is 0 Å². The van der Waals surface area contributed by atoms with Crippen LogP contribution in [-0.4, -0.2) is 38.1 Å². The Balaban J connectivity index is 0.000000403. The van der Waals surface area contributed by atoms with Crippen LogP contribution in [0.5, 0.6) is 0 Å². The fourth-order valence-electron chi connectivity index (χ4n) is 1.70. The molecule has 0 saturated carbocycles. The van der Waals surface area contributed by atoms with E-state index in [2.05, 4.69) is 10.6 Å². The fourth-order valence-corrected chi connectivity index (χ4v) is 3.14. The van der Waals surface area contributed by atoms with Crippen molar-refractivity contribution in [3.63, 3.8) is 0 Å². The third-order valence-electron chi connectivity index (χ3n) is 2.94. The van der Waals surface area contributed by atoms with Crippen molar-refractivity contribution in [1.29, 1.82) is 0 Å². The lowest BCUT2D eigenvalue weighted by molar-refractivity contribution is 0.0987. The highest BCUT2D eigenvalue weighted by molar-refractivity contribution is 7.12. The molecule has 0 fully saturated rings. The molecule has 124 valence electrons. The minimum absolute atomic E-state index is 0. The molecule has 22 heavy (non-hydrogen) atoms. The van der Waals surface area contributed by atoms with Gasteiger partial charge in [0, 0.05) is 19.3 Å². The first-order chi connectivity index (χ1) is 10.7. The largest absolute Gasteiger partial charge is 0.388 e. The van der Waals surface area contributed by atoms with E-state index in [0.29, 0.717) is 6.42 Å². The summed E-state index contributed by atoms with van der Waals surface area (Å²) in [6.07, 6.45) is 1.09. The van der Waals surface area contributed by atoms with Gasteiger partial charge in [-0.3, -0.25) is 4.79 Å². The minimum atomic E-state index is -0.289. The van der Waals surface area contributed by atoms with Gasteiger partial charge in [0.05, 0.1) is 11.0 Å². The molecule has 4 nitrogen and oxygen atoms in total. The number of nitrogens with one attached hydrogen (secondary N) is 2. The molecule has 0 aromatic carbocycles. The maximum absolute atomic E-state index is 11.2. The Morgan fingerprint density at radius 3 is 2.41 bits per heavy atom. The van der Waals surface area contributed by atoms with Crippen LogP contribution in [0, 0.1) is 0 Å². The molecule has 6 heteroatoms. The summed E-state index contributed by atoms with van der Waals surface area (Å²) in [5.74, 6) is 0.231. The molecule has 0 spiro atoms. The summed E-state index contributed by atoms with van der Waals surface area (Å²) < 4.78 is 0. The molecular formula is C16H26N2O2S2. The molecule has 0 bridgehead atoms. The molecule has 2 aromatic rings. The first-order valence-electron chi connectivity index (χ1n) is 7.26. The molecule has 0 aliphatic carbocycles. The summed E-state index contributed by atoms with van der Waals surface area (Å²) in [5, 5.41) is 19.4. The molecule has 0 aliphatic rings. The van der Waals surface area contributed by atoms with E-state index < -0.39 is 0 Å². The van der Waals surface area contributed by atoms with Crippen molar-refractivity contribution in [3.8, 4) is 0 Å². The van der Waals surface area contributed by atoms with Gasteiger partial charge in [-0.2, -0.15) is 0 Å². The second-order valence-electron chi connectivity index (χ2n) is 4.68. The lowest BCUT2D eigenvalue weighted by Crippen LogP contribution is -2.12. The van der Waals surface area contributed by atoms with Crippen LogP contribution in [0.1, 0.15) is 34.9 Å². The highest BCUT2D eigenvalue weighted by Crippen LogP contribution is 2.20. The number of hydrogen-bond donors (Lipinski definition) is 3. The number of thiophene rings is 2. The SMILES string of the molecule is CNCCC(=O)c1cccs1.CNCC[C@H](O)c1cccs1.[HH]. The zero-order valence-corrected chi connectivity index (χ0v) is 14.7. The first kappa shape index (κ1) is 19.0. The van der Waals surface area contributed by atoms with E-state index in [0.717, 1.165) is 29.3 Å². The number of carbonyl (C=O) groups is 1. The van der Waals surface area contributed by atoms with Gasteiger partial charge in [0.25, 0.3) is 0 Å². The topological polar surface area (TPSA) is 61.4 Å². The third-order valence-corrected chi connectivity index (χ3v) is 4.82. The van der Waals surface area contributed by atoms with Crippen molar-refractivity contribution in [1.82, 2.24) is 10.6 Å². The number of hydrogen-bond acceptors (Lipinski definition) is 6. The molecule has 3 N–H and O–H groups in total. The van der Waals surface area contributed by atoms with E-state index in [4.69, 9.17) is 0 Å². The van der Waals surface area contributed by atoms with Gasteiger partial charge in [-0.1, -0.05) is 12.1 Å². The quantitative estimate of drug-likeness (QED) is 0.645. The summed E-state index contributed by atoms with van der Waals surface area (Å²) in [5.41, 5.74) is 0. The summed E-state index contributed by atoms with van der Waals surface area (Å²) in [4.78, 5) is 13.2.